The summed E-state index contributed by atoms with van der Waals surface area (Å²) >= 11 is 0. The molecular formula is C12H14N2O2. The average molecular weight is 218 g/mol. The number of aromatic carboxylic acids is 1. The van der Waals surface area contributed by atoms with Gasteiger partial charge >= 0.3 is 5.97 Å². The Hall–Kier alpha value is -1.97. The molecular weight excluding hydrogens is 204 g/mol. The predicted molar refractivity (Wildman–Crippen MR) is 63.0 cm³/mol. The van der Waals surface area contributed by atoms with Crippen LogP contribution in [-0.2, 0) is 0 Å². The predicted octanol–water partition coefficient (Wildman–Crippen LogP) is 2.49. The summed E-state index contributed by atoms with van der Waals surface area (Å²) in [5.41, 5.74) is 1.72. The average Bonchev–Trinajstić information content (AvgIpc) is 2.26. The van der Waals surface area contributed by atoms with Gasteiger partial charge in [0.1, 0.15) is 6.33 Å². The molecule has 16 heavy (non-hydrogen) atoms. The molecule has 0 unspecified atom stereocenters. The van der Waals surface area contributed by atoms with Crippen LogP contribution in [-0.4, -0.2) is 21.0 Å². The molecule has 0 fully saturated rings. The molecule has 0 aliphatic carbocycles. The van der Waals surface area contributed by atoms with Crippen LogP contribution < -0.4 is 0 Å². The fraction of sp³-hybridized carbons (Fsp3) is 0.250. The van der Waals surface area contributed by atoms with Gasteiger partial charge in [0.25, 0.3) is 0 Å². The summed E-state index contributed by atoms with van der Waals surface area (Å²) in [6, 6.07) is 0. The summed E-state index contributed by atoms with van der Waals surface area (Å²) in [5.74, 6) is -0.898. The van der Waals surface area contributed by atoms with Crippen LogP contribution in [0.4, 0.5) is 0 Å². The summed E-state index contributed by atoms with van der Waals surface area (Å²) in [6.07, 6.45) is 2.69. The second-order valence-electron chi connectivity index (χ2n) is 3.67. The van der Waals surface area contributed by atoms with Gasteiger partial charge in [-0.1, -0.05) is 33.1 Å². The summed E-state index contributed by atoms with van der Waals surface area (Å²) < 4.78 is 0. The quantitative estimate of drug-likeness (QED) is 0.843. The lowest BCUT2D eigenvalue weighted by Crippen LogP contribution is -2.08. The molecule has 0 aliphatic heterocycles. The first kappa shape index (κ1) is 12.1. The van der Waals surface area contributed by atoms with Crippen LogP contribution in [0.25, 0.3) is 11.6 Å². The van der Waals surface area contributed by atoms with E-state index < -0.39 is 5.97 Å². The Bertz CT molecular complexity index is 450. The number of carboxylic acids is 1. The smallest absolute Gasteiger partial charge is 0.355 e. The number of rotatable bonds is 4. The van der Waals surface area contributed by atoms with Crippen LogP contribution in [0.15, 0.2) is 19.5 Å². The van der Waals surface area contributed by atoms with Gasteiger partial charge in [0.15, 0.2) is 5.69 Å². The normalized spacial score (nSPS) is 10.2. The number of nitrogens with zero attached hydrogens (tertiary/aromatic N) is 2. The third-order valence-corrected chi connectivity index (χ3v) is 2.29. The zero-order chi connectivity index (χ0) is 12.3. The molecule has 1 N–H and O–H groups in total. The highest BCUT2D eigenvalue weighted by Crippen LogP contribution is 2.24. The van der Waals surface area contributed by atoms with E-state index in [1.54, 1.807) is 0 Å². The molecule has 0 radical (unpaired) electrons. The van der Waals surface area contributed by atoms with E-state index in [0.29, 0.717) is 11.3 Å². The van der Waals surface area contributed by atoms with Gasteiger partial charge in [-0.15, -0.1) is 0 Å². The molecule has 0 spiro atoms. The number of carbonyl (C=O) groups is 1. The molecule has 4 nitrogen and oxygen atoms in total. The number of carboxylic acid groups (broad SMARTS) is 1. The maximum Gasteiger partial charge on any atom is 0.355 e. The lowest BCUT2D eigenvalue weighted by Gasteiger charge is -2.12. The minimum Gasteiger partial charge on any atom is -0.476 e. The van der Waals surface area contributed by atoms with Crippen molar-refractivity contribution in [3.63, 3.8) is 0 Å². The molecule has 0 saturated carbocycles. The SMILES string of the molecule is C=Cc1c(C(=C)C(C)C)ncnc1C(=O)O. The van der Waals surface area contributed by atoms with Crippen LogP contribution in [0.3, 0.4) is 0 Å². The third-order valence-electron chi connectivity index (χ3n) is 2.29. The van der Waals surface area contributed by atoms with Crippen molar-refractivity contribution >= 4 is 17.6 Å². The lowest BCUT2D eigenvalue weighted by molar-refractivity contribution is 0.0690. The van der Waals surface area contributed by atoms with E-state index in [1.807, 2.05) is 13.8 Å². The minimum atomic E-state index is -1.09. The van der Waals surface area contributed by atoms with Gasteiger partial charge in [-0.05, 0) is 11.5 Å². The van der Waals surface area contributed by atoms with Gasteiger partial charge in [0.05, 0.1) is 5.69 Å². The fourth-order valence-electron chi connectivity index (χ4n) is 1.29. The van der Waals surface area contributed by atoms with Crippen LogP contribution in [0, 0.1) is 5.92 Å². The van der Waals surface area contributed by atoms with E-state index in [4.69, 9.17) is 5.11 Å². The maximum absolute atomic E-state index is 11.0. The van der Waals surface area contributed by atoms with E-state index in [0.717, 1.165) is 5.57 Å². The van der Waals surface area contributed by atoms with Crippen molar-refractivity contribution < 1.29 is 9.90 Å². The van der Waals surface area contributed by atoms with Gasteiger partial charge < -0.3 is 5.11 Å². The number of allylic oxidation sites excluding steroid dienone is 1. The highest BCUT2D eigenvalue weighted by atomic mass is 16.4. The van der Waals surface area contributed by atoms with Gasteiger partial charge in [-0.25, -0.2) is 14.8 Å². The van der Waals surface area contributed by atoms with Crippen molar-refractivity contribution in [2.75, 3.05) is 0 Å². The Kier molecular flexibility index (Phi) is 3.55. The van der Waals surface area contributed by atoms with Crippen LogP contribution in [0.5, 0.6) is 0 Å². The first-order valence-corrected chi connectivity index (χ1v) is 4.89. The molecule has 0 atom stereocenters. The Labute approximate surface area is 94.4 Å². The van der Waals surface area contributed by atoms with Crippen molar-refractivity contribution in [1.82, 2.24) is 9.97 Å². The standard InChI is InChI=1S/C12H14N2O2/c1-5-9-10(8(4)7(2)3)13-6-14-11(9)12(15)16/h5-7H,1,4H2,2-3H3,(H,15,16). The maximum atomic E-state index is 11.0. The van der Waals surface area contributed by atoms with Crippen molar-refractivity contribution in [1.29, 1.82) is 0 Å². The third kappa shape index (κ3) is 2.16. The lowest BCUT2D eigenvalue weighted by atomic mass is 9.97. The van der Waals surface area contributed by atoms with Crippen LogP contribution >= 0.6 is 0 Å². The summed E-state index contributed by atoms with van der Waals surface area (Å²) in [6.45, 7) is 11.4. The highest BCUT2D eigenvalue weighted by Gasteiger charge is 2.17. The molecule has 1 heterocycles. The molecule has 1 rings (SSSR count). The number of aromatic nitrogens is 2. The van der Waals surface area contributed by atoms with E-state index >= 15 is 0 Å². The first-order chi connectivity index (χ1) is 7.49. The number of hydrogen-bond donors (Lipinski definition) is 1. The molecule has 4 heteroatoms. The van der Waals surface area contributed by atoms with E-state index in [2.05, 4.69) is 23.1 Å². The largest absolute Gasteiger partial charge is 0.476 e. The molecule has 0 bridgehead atoms. The van der Waals surface area contributed by atoms with Gasteiger partial charge in [-0.3, -0.25) is 0 Å². The Morgan fingerprint density at radius 1 is 1.44 bits per heavy atom. The summed E-state index contributed by atoms with van der Waals surface area (Å²) in [7, 11) is 0. The summed E-state index contributed by atoms with van der Waals surface area (Å²) in [5, 5.41) is 8.97. The highest BCUT2D eigenvalue weighted by molar-refractivity contribution is 5.92. The Morgan fingerprint density at radius 2 is 2.00 bits per heavy atom. The van der Waals surface area contributed by atoms with E-state index in [-0.39, 0.29) is 11.6 Å². The Morgan fingerprint density at radius 3 is 2.44 bits per heavy atom. The monoisotopic (exact) mass is 218 g/mol. The van der Waals surface area contributed by atoms with E-state index in [1.165, 1.54) is 12.4 Å². The van der Waals surface area contributed by atoms with Crippen molar-refractivity contribution in [2.45, 2.75) is 13.8 Å². The first-order valence-electron chi connectivity index (χ1n) is 4.89. The second kappa shape index (κ2) is 4.70. The molecule has 84 valence electrons. The molecule has 0 amide bonds. The molecule has 1 aromatic rings. The Balaban J connectivity index is 3.41. The van der Waals surface area contributed by atoms with Crippen molar-refractivity contribution in [3.8, 4) is 0 Å². The molecule has 0 aliphatic rings. The van der Waals surface area contributed by atoms with Crippen LogP contribution in [0.1, 0.15) is 35.6 Å². The van der Waals surface area contributed by atoms with Gasteiger partial charge in [0.2, 0.25) is 0 Å². The zero-order valence-corrected chi connectivity index (χ0v) is 9.40. The molecule has 0 aromatic carbocycles. The van der Waals surface area contributed by atoms with Crippen LogP contribution in [0.2, 0.25) is 0 Å². The molecule has 0 saturated heterocycles. The van der Waals surface area contributed by atoms with Crippen molar-refractivity contribution in [3.05, 3.63) is 36.4 Å². The fourth-order valence-corrected chi connectivity index (χ4v) is 1.29. The van der Waals surface area contributed by atoms with Crippen molar-refractivity contribution in [2.24, 2.45) is 5.92 Å². The second-order valence-corrected chi connectivity index (χ2v) is 3.67. The van der Waals surface area contributed by atoms with Gasteiger partial charge in [0, 0.05) is 5.56 Å². The van der Waals surface area contributed by atoms with Gasteiger partial charge in [-0.2, -0.15) is 0 Å². The minimum absolute atomic E-state index is 0.0400. The zero-order valence-electron chi connectivity index (χ0n) is 9.40. The number of hydrogen-bond acceptors (Lipinski definition) is 3. The summed E-state index contributed by atoms with van der Waals surface area (Å²) in [4.78, 5) is 18.8. The topological polar surface area (TPSA) is 63.1 Å². The van der Waals surface area contributed by atoms with E-state index in [9.17, 15) is 4.79 Å². The molecule has 1 aromatic heterocycles.